The summed E-state index contributed by atoms with van der Waals surface area (Å²) >= 11 is 3.38. The summed E-state index contributed by atoms with van der Waals surface area (Å²) < 4.78 is 0.959. The molecule has 1 aromatic carbocycles. The Bertz CT molecular complexity index is 308. The van der Waals surface area contributed by atoms with Crippen molar-refractivity contribution >= 4 is 15.9 Å². The SMILES string of the molecule is Cc1c(Br)ccc(O)c1CC(C)O. The monoisotopic (exact) mass is 244 g/mol. The van der Waals surface area contributed by atoms with Crippen LogP contribution in [0.4, 0.5) is 0 Å². The van der Waals surface area contributed by atoms with Gasteiger partial charge >= 0.3 is 0 Å². The quantitative estimate of drug-likeness (QED) is 0.839. The maximum absolute atomic E-state index is 9.53. The summed E-state index contributed by atoms with van der Waals surface area (Å²) in [5, 5.41) is 18.8. The van der Waals surface area contributed by atoms with Crippen molar-refractivity contribution in [2.75, 3.05) is 0 Å². The summed E-state index contributed by atoms with van der Waals surface area (Å²) in [5.41, 5.74) is 1.80. The smallest absolute Gasteiger partial charge is 0.119 e. The van der Waals surface area contributed by atoms with Gasteiger partial charge in [-0.15, -0.1) is 0 Å². The van der Waals surface area contributed by atoms with Crippen LogP contribution in [0.1, 0.15) is 18.1 Å². The van der Waals surface area contributed by atoms with Gasteiger partial charge in [-0.05, 0) is 31.5 Å². The zero-order chi connectivity index (χ0) is 10.0. The molecule has 0 heterocycles. The maximum Gasteiger partial charge on any atom is 0.119 e. The number of aromatic hydroxyl groups is 1. The van der Waals surface area contributed by atoms with Crippen LogP contribution in [0.5, 0.6) is 5.75 Å². The molecule has 13 heavy (non-hydrogen) atoms. The standard InChI is InChI=1S/C10H13BrO2/c1-6(12)5-8-7(2)9(11)3-4-10(8)13/h3-4,6,12-13H,5H2,1-2H3. The van der Waals surface area contributed by atoms with Crippen LogP contribution in [0.3, 0.4) is 0 Å². The van der Waals surface area contributed by atoms with Crippen molar-refractivity contribution in [3.8, 4) is 5.75 Å². The number of halogens is 1. The zero-order valence-electron chi connectivity index (χ0n) is 7.71. The first-order valence-corrected chi connectivity index (χ1v) is 4.96. The van der Waals surface area contributed by atoms with Crippen molar-refractivity contribution in [2.45, 2.75) is 26.4 Å². The van der Waals surface area contributed by atoms with Crippen LogP contribution < -0.4 is 0 Å². The van der Waals surface area contributed by atoms with Crippen molar-refractivity contribution in [1.29, 1.82) is 0 Å². The van der Waals surface area contributed by atoms with Crippen LogP contribution in [-0.4, -0.2) is 16.3 Å². The Kier molecular flexibility index (Phi) is 3.33. The summed E-state index contributed by atoms with van der Waals surface area (Å²) in [6.07, 6.45) is 0.0517. The van der Waals surface area contributed by atoms with Crippen LogP contribution in [0, 0.1) is 6.92 Å². The average molecular weight is 245 g/mol. The van der Waals surface area contributed by atoms with E-state index in [-0.39, 0.29) is 5.75 Å². The molecule has 0 aliphatic heterocycles. The highest BCUT2D eigenvalue weighted by molar-refractivity contribution is 9.10. The van der Waals surface area contributed by atoms with E-state index < -0.39 is 6.10 Å². The topological polar surface area (TPSA) is 40.5 Å². The lowest BCUT2D eigenvalue weighted by atomic mass is 10.0. The van der Waals surface area contributed by atoms with Crippen molar-refractivity contribution in [3.63, 3.8) is 0 Å². The Morgan fingerprint density at radius 1 is 1.46 bits per heavy atom. The summed E-state index contributed by atoms with van der Waals surface area (Å²) in [4.78, 5) is 0. The third kappa shape index (κ3) is 2.45. The minimum atomic E-state index is -0.432. The number of phenolic OH excluding ortho intramolecular Hbond substituents is 1. The number of aliphatic hydroxyl groups is 1. The Morgan fingerprint density at radius 2 is 2.08 bits per heavy atom. The first kappa shape index (κ1) is 10.5. The summed E-state index contributed by atoms with van der Waals surface area (Å²) in [6, 6.07) is 3.44. The van der Waals surface area contributed by atoms with Gasteiger partial charge in [0.15, 0.2) is 0 Å². The average Bonchev–Trinajstić information content (AvgIpc) is 2.05. The zero-order valence-corrected chi connectivity index (χ0v) is 9.30. The molecule has 0 fully saturated rings. The lowest BCUT2D eigenvalue weighted by molar-refractivity contribution is 0.194. The number of phenols is 1. The summed E-state index contributed by atoms with van der Waals surface area (Å²) in [5.74, 6) is 0.251. The molecule has 72 valence electrons. The molecule has 0 aliphatic carbocycles. The third-order valence-corrected chi connectivity index (χ3v) is 2.87. The van der Waals surface area contributed by atoms with Gasteiger partial charge in [0.05, 0.1) is 6.10 Å². The van der Waals surface area contributed by atoms with E-state index in [1.54, 1.807) is 19.1 Å². The van der Waals surface area contributed by atoms with Gasteiger partial charge in [-0.2, -0.15) is 0 Å². The van der Waals surface area contributed by atoms with Gasteiger partial charge in [0, 0.05) is 16.5 Å². The van der Waals surface area contributed by atoms with E-state index in [0.29, 0.717) is 6.42 Å². The van der Waals surface area contributed by atoms with Crippen LogP contribution in [-0.2, 0) is 6.42 Å². The van der Waals surface area contributed by atoms with Gasteiger partial charge in [0.1, 0.15) is 5.75 Å². The largest absolute Gasteiger partial charge is 0.508 e. The molecular weight excluding hydrogens is 232 g/mol. The second-order valence-electron chi connectivity index (χ2n) is 3.22. The summed E-state index contributed by atoms with van der Waals surface area (Å²) in [7, 11) is 0. The first-order valence-electron chi connectivity index (χ1n) is 4.17. The second kappa shape index (κ2) is 4.11. The van der Waals surface area contributed by atoms with E-state index in [2.05, 4.69) is 15.9 Å². The molecule has 1 rings (SSSR count). The van der Waals surface area contributed by atoms with Crippen molar-refractivity contribution in [2.24, 2.45) is 0 Å². The molecule has 0 amide bonds. The number of rotatable bonds is 2. The molecule has 0 aromatic heterocycles. The van der Waals surface area contributed by atoms with Crippen LogP contribution in [0.2, 0.25) is 0 Å². The normalized spacial score (nSPS) is 12.9. The van der Waals surface area contributed by atoms with Gasteiger partial charge < -0.3 is 10.2 Å². The molecule has 0 saturated heterocycles. The minimum absolute atomic E-state index is 0.251. The predicted octanol–water partition coefficient (Wildman–Crippen LogP) is 2.39. The van der Waals surface area contributed by atoms with Gasteiger partial charge in [-0.25, -0.2) is 0 Å². The predicted molar refractivity (Wildman–Crippen MR) is 55.9 cm³/mol. The van der Waals surface area contributed by atoms with Crippen LogP contribution >= 0.6 is 15.9 Å². The molecule has 0 spiro atoms. The molecule has 0 radical (unpaired) electrons. The molecule has 1 aromatic rings. The lowest BCUT2D eigenvalue weighted by Crippen LogP contribution is -2.06. The van der Waals surface area contributed by atoms with Crippen molar-refractivity contribution < 1.29 is 10.2 Å². The van der Waals surface area contributed by atoms with E-state index >= 15 is 0 Å². The Labute approximate surface area is 86.3 Å². The third-order valence-electron chi connectivity index (χ3n) is 2.01. The first-order chi connectivity index (χ1) is 6.02. The van der Waals surface area contributed by atoms with Gasteiger partial charge in [0.2, 0.25) is 0 Å². The maximum atomic E-state index is 9.53. The molecule has 3 heteroatoms. The molecule has 1 atom stereocenters. The van der Waals surface area contributed by atoms with E-state index in [9.17, 15) is 10.2 Å². The Hall–Kier alpha value is -0.540. The van der Waals surface area contributed by atoms with E-state index in [1.807, 2.05) is 6.92 Å². The fraction of sp³-hybridized carbons (Fsp3) is 0.400. The highest BCUT2D eigenvalue weighted by Crippen LogP contribution is 2.28. The number of hydrogen-bond acceptors (Lipinski definition) is 2. The molecule has 0 aliphatic rings. The lowest BCUT2D eigenvalue weighted by Gasteiger charge is -2.11. The van der Waals surface area contributed by atoms with Crippen molar-refractivity contribution in [3.05, 3.63) is 27.7 Å². The van der Waals surface area contributed by atoms with Crippen LogP contribution in [0.15, 0.2) is 16.6 Å². The van der Waals surface area contributed by atoms with Gasteiger partial charge in [-0.1, -0.05) is 15.9 Å². The molecular formula is C10H13BrO2. The Morgan fingerprint density at radius 3 is 2.62 bits per heavy atom. The van der Waals surface area contributed by atoms with Crippen LogP contribution in [0.25, 0.3) is 0 Å². The fourth-order valence-electron chi connectivity index (χ4n) is 1.27. The number of hydrogen-bond donors (Lipinski definition) is 2. The number of aliphatic hydroxyl groups excluding tert-OH is 1. The Balaban J connectivity index is 3.10. The molecule has 2 N–H and O–H groups in total. The van der Waals surface area contributed by atoms with E-state index in [4.69, 9.17) is 0 Å². The second-order valence-corrected chi connectivity index (χ2v) is 4.08. The van der Waals surface area contributed by atoms with E-state index in [0.717, 1.165) is 15.6 Å². The molecule has 2 nitrogen and oxygen atoms in total. The minimum Gasteiger partial charge on any atom is -0.508 e. The summed E-state index contributed by atoms with van der Waals surface area (Å²) in [6.45, 7) is 3.63. The highest BCUT2D eigenvalue weighted by atomic mass is 79.9. The molecule has 0 bridgehead atoms. The number of benzene rings is 1. The molecule has 0 saturated carbocycles. The van der Waals surface area contributed by atoms with Gasteiger partial charge in [0.25, 0.3) is 0 Å². The van der Waals surface area contributed by atoms with Gasteiger partial charge in [-0.3, -0.25) is 0 Å². The van der Waals surface area contributed by atoms with Crippen molar-refractivity contribution in [1.82, 2.24) is 0 Å². The molecule has 1 unspecified atom stereocenters. The highest BCUT2D eigenvalue weighted by Gasteiger charge is 2.09. The fourth-order valence-corrected chi connectivity index (χ4v) is 1.64. The van der Waals surface area contributed by atoms with E-state index in [1.165, 1.54) is 0 Å².